The summed E-state index contributed by atoms with van der Waals surface area (Å²) in [7, 11) is -3.02. The van der Waals surface area contributed by atoms with E-state index in [0.29, 0.717) is 12.1 Å². The molecule has 2 rings (SSSR count). The minimum absolute atomic E-state index is 0.0989. The molecule has 88 valence electrons. The van der Waals surface area contributed by atoms with Gasteiger partial charge in [-0.15, -0.1) is 0 Å². The molecule has 0 spiro atoms. The quantitative estimate of drug-likeness (QED) is 0.865. The average molecular weight is 248 g/mol. The molecule has 0 amide bonds. The Balaban J connectivity index is 2.00. The summed E-state index contributed by atoms with van der Waals surface area (Å²) in [5, 5.41) is 13.3. The van der Waals surface area contributed by atoms with Gasteiger partial charge in [0.25, 0.3) is 0 Å². The Morgan fingerprint density at radius 3 is 2.82 bits per heavy atom. The Hall–Kier alpha value is -1.64. The average Bonchev–Trinajstić information content (AvgIpc) is 2.67. The maximum absolute atomic E-state index is 11.2. The minimum atomic E-state index is -3.02. The molecule has 0 radical (unpaired) electrons. The van der Waals surface area contributed by atoms with Crippen molar-refractivity contribution >= 4 is 9.84 Å². The molecule has 1 aromatic carbocycles. The van der Waals surface area contributed by atoms with E-state index in [9.17, 15) is 8.42 Å². The molecule has 1 N–H and O–H groups in total. The fourth-order valence-corrected chi connectivity index (χ4v) is 3.00. The summed E-state index contributed by atoms with van der Waals surface area (Å²) in [4.78, 5) is 0. The van der Waals surface area contributed by atoms with Crippen LogP contribution in [0.15, 0.2) is 35.7 Å². The van der Waals surface area contributed by atoms with Gasteiger partial charge < -0.3 is 5.32 Å². The highest BCUT2D eigenvalue weighted by atomic mass is 32.2. The maximum Gasteiger partial charge on any atom is 0.173 e. The molecule has 1 heterocycles. The highest BCUT2D eigenvalue weighted by Gasteiger charge is 2.20. The van der Waals surface area contributed by atoms with Crippen molar-refractivity contribution in [3.63, 3.8) is 0 Å². The lowest BCUT2D eigenvalue weighted by atomic mass is 10.1. The molecule has 0 aromatic heterocycles. The van der Waals surface area contributed by atoms with Crippen molar-refractivity contribution in [3.8, 4) is 6.07 Å². The van der Waals surface area contributed by atoms with Crippen LogP contribution >= 0.6 is 0 Å². The second-order valence-corrected chi connectivity index (χ2v) is 5.85. The summed E-state index contributed by atoms with van der Waals surface area (Å²) >= 11 is 0. The first-order chi connectivity index (χ1) is 8.11. The van der Waals surface area contributed by atoms with Gasteiger partial charge in [-0.2, -0.15) is 5.26 Å². The molecular formula is C12H12N2O2S. The van der Waals surface area contributed by atoms with Crippen LogP contribution in [-0.4, -0.2) is 20.2 Å². The van der Waals surface area contributed by atoms with Gasteiger partial charge in [0.1, 0.15) is 0 Å². The number of nitrogens with zero attached hydrogens (tertiary/aromatic N) is 1. The van der Waals surface area contributed by atoms with E-state index in [1.165, 1.54) is 5.41 Å². The number of nitrogens with one attached hydrogen (secondary N) is 1. The summed E-state index contributed by atoms with van der Waals surface area (Å²) in [5.74, 6) is 0.0989. The SMILES string of the molecule is N#Cc1ccccc1CNC1C=CS(=O)(=O)C1. The third-order valence-corrected chi connectivity index (χ3v) is 4.02. The normalized spacial score (nSPS) is 21.2. The van der Waals surface area contributed by atoms with Crippen LogP contribution < -0.4 is 5.32 Å². The van der Waals surface area contributed by atoms with Gasteiger partial charge in [-0.1, -0.05) is 24.3 Å². The molecule has 5 heteroatoms. The molecule has 1 unspecified atom stereocenters. The lowest BCUT2D eigenvalue weighted by Gasteiger charge is -2.10. The Labute approximate surface area is 100 Å². The van der Waals surface area contributed by atoms with Gasteiger partial charge in [0, 0.05) is 18.0 Å². The zero-order chi connectivity index (χ0) is 12.3. The highest BCUT2D eigenvalue weighted by molar-refractivity contribution is 7.94. The van der Waals surface area contributed by atoms with Crippen molar-refractivity contribution in [1.29, 1.82) is 5.26 Å². The molecule has 0 saturated heterocycles. The zero-order valence-electron chi connectivity index (χ0n) is 9.13. The van der Waals surface area contributed by atoms with Crippen LogP contribution in [-0.2, 0) is 16.4 Å². The predicted octanol–water partition coefficient (Wildman–Crippen LogP) is 0.959. The molecular weight excluding hydrogens is 236 g/mol. The van der Waals surface area contributed by atoms with E-state index in [2.05, 4.69) is 11.4 Å². The number of benzene rings is 1. The molecule has 0 aliphatic carbocycles. The summed E-state index contributed by atoms with van der Waals surface area (Å²) in [6.45, 7) is 0.494. The largest absolute Gasteiger partial charge is 0.305 e. The van der Waals surface area contributed by atoms with Gasteiger partial charge in [-0.05, 0) is 11.6 Å². The van der Waals surface area contributed by atoms with E-state index in [1.807, 2.05) is 18.2 Å². The van der Waals surface area contributed by atoms with E-state index in [0.717, 1.165) is 5.56 Å². The maximum atomic E-state index is 11.2. The first-order valence-corrected chi connectivity index (χ1v) is 6.94. The summed E-state index contributed by atoms with van der Waals surface area (Å²) in [5.41, 5.74) is 1.50. The topological polar surface area (TPSA) is 70.0 Å². The van der Waals surface area contributed by atoms with Crippen LogP contribution in [0.5, 0.6) is 0 Å². The molecule has 1 aliphatic heterocycles. The molecule has 4 nitrogen and oxygen atoms in total. The van der Waals surface area contributed by atoms with Crippen molar-refractivity contribution in [2.45, 2.75) is 12.6 Å². The van der Waals surface area contributed by atoms with E-state index < -0.39 is 9.84 Å². The van der Waals surface area contributed by atoms with Crippen molar-refractivity contribution in [2.75, 3.05) is 5.75 Å². The van der Waals surface area contributed by atoms with Gasteiger partial charge >= 0.3 is 0 Å². The third-order valence-electron chi connectivity index (χ3n) is 2.62. The molecule has 0 bridgehead atoms. The third kappa shape index (κ3) is 2.93. The summed E-state index contributed by atoms with van der Waals surface area (Å²) in [6, 6.07) is 9.23. The number of rotatable bonds is 3. The fraction of sp³-hybridized carbons (Fsp3) is 0.250. The van der Waals surface area contributed by atoms with E-state index in [-0.39, 0.29) is 11.8 Å². The first-order valence-electron chi connectivity index (χ1n) is 5.23. The highest BCUT2D eigenvalue weighted by Crippen LogP contribution is 2.11. The first kappa shape index (κ1) is 11.8. The standard InChI is InChI=1S/C12H12N2O2S/c13-7-10-3-1-2-4-11(10)8-14-12-5-6-17(15,16)9-12/h1-6,12,14H,8-9H2. The monoisotopic (exact) mass is 248 g/mol. The van der Waals surface area contributed by atoms with Crippen LogP contribution in [0.25, 0.3) is 0 Å². The number of sulfone groups is 1. The van der Waals surface area contributed by atoms with Crippen molar-refractivity contribution < 1.29 is 8.42 Å². The number of nitriles is 1. The Morgan fingerprint density at radius 1 is 1.41 bits per heavy atom. The fourth-order valence-electron chi connectivity index (χ4n) is 1.73. The van der Waals surface area contributed by atoms with Gasteiger partial charge in [-0.25, -0.2) is 8.42 Å². The van der Waals surface area contributed by atoms with Crippen molar-refractivity contribution in [1.82, 2.24) is 5.32 Å². The van der Waals surface area contributed by atoms with Crippen LogP contribution in [0.4, 0.5) is 0 Å². The molecule has 1 atom stereocenters. The minimum Gasteiger partial charge on any atom is -0.305 e. The molecule has 0 saturated carbocycles. The smallest absolute Gasteiger partial charge is 0.173 e. The number of hydrogen-bond acceptors (Lipinski definition) is 4. The van der Waals surface area contributed by atoms with Gasteiger partial charge in [-0.3, -0.25) is 0 Å². The zero-order valence-corrected chi connectivity index (χ0v) is 9.94. The molecule has 0 fully saturated rings. The molecule has 1 aromatic rings. The Bertz CT molecular complexity index is 585. The predicted molar refractivity (Wildman–Crippen MR) is 64.7 cm³/mol. The van der Waals surface area contributed by atoms with Crippen LogP contribution in [0.3, 0.4) is 0 Å². The lowest BCUT2D eigenvalue weighted by molar-refractivity contribution is 0.590. The van der Waals surface area contributed by atoms with Crippen molar-refractivity contribution in [2.24, 2.45) is 0 Å². The van der Waals surface area contributed by atoms with Gasteiger partial charge in [0.05, 0.1) is 17.4 Å². The van der Waals surface area contributed by atoms with Crippen molar-refractivity contribution in [3.05, 3.63) is 46.9 Å². The van der Waals surface area contributed by atoms with Crippen LogP contribution in [0.2, 0.25) is 0 Å². The molecule has 17 heavy (non-hydrogen) atoms. The van der Waals surface area contributed by atoms with Gasteiger partial charge in [0.15, 0.2) is 9.84 Å². The lowest BCUT2D eigenvalue weighted by Crippen LogP contribution is -2.29. The van der Waals surface area contributed by atoms with E-state index >= 15 is 0 Å². The van der Waals surface area contributed by atoms with E-state index in [1.54, 1.807) is 12.1 Å². The Kier molecular flexibility index (Phi) is 3.27. The van der Waals surface area contributed by atoms with Gasteiger partial charge in [0.2, 0.25) is 0 Å². The second-order valence-electron chi connectivity index (χ2n) is 3.91. The number of hydrogen-bond donors (Lipinski definition) is 1. The molecule has 1 aliphatic rings. The van der Waals surface area contributed by atoms with Crippen LogP contribution in [0.1, 0.15) is 11.1 Å². The Morgan fingerprint density at radius 2 is 2.18 bits per heavy atom. The van der Waals surface area contributed by atoms with E-state index in [4.69, 9.17) is 5.26 Å². The second kappa shape index (κ2) is 4.70. The summed E-state index contributed by atoms with van der Waals surface area (Å²) in [6.07, 6.45) is 1.64. The van der Waals surface area contributed by atoms with Crippen LogP contribution in [0, 0.1) is 11.3 Å². The summed E-state index contributed by atoms with van der Waals surface area (Å²) < 4.78 is 22.4.